The Kier molecular flexibility index (Phi) is 4.83. The molecule has 0 fully saturated rings. The van der Waals surface area contributed by atoms with Gasteiger partial charge in [0.15, 0.2) is 0 Å². The molecule has 3 aliphatic rings. The second-order valence-electron chi connectivity index (χ2n) is 10.2. The van der Waals surface area contributed by atoms with Gasteiger partial charge in [0.25, 0.3) is 0 Å². The summed E-state index contributed by atoms with van der Waals surface area (Å²) in [5.74, 6) is 0.391. The largest absolute Gasteiger partial charge is 0.313 e. The van der Waals surface area contributed by atoms with Gasteiger partial charge in [0.05, 0.1) is 22.4 Å². The number of hydrogen-bond acceptors (Lipinski definition) is 2. The summed E-state index contributed by atoms with van der Waals surface area (Å²) in [6.45, 7) is 0. The molecule has 0 N–H and O–H groups in total. The van der Waals surface area contributed by atoms with E-state index in [0.717, 1.165) is 35.4 Å². The number of fused-ring (bicyclic) bond motifs is 9. The molecule has 38 heavy (non-hydrogen) atoms. The Bertz CT molecular complexity index is 1900. The Morgan fingerprint density at radius 1 is 0.789 bits per heavy atom. The first-order valence-corrected chi connectivity index (χ1v) is 13.6. The highest BCUT2D eigenvalue weighted by molar-refractivity contribution is 6.28. The fourth-order valence-electron chi connectivity index (χ4n) is 6.55. The summed E-state index contributed by atoms with van der Waals surface area (Å²) in [5.41, 5.74) is 10.3. The highest BCUT2D eigenvalue weighted by atomic mass is 35.5. The van der Waals surface area contributed by atoms with Crippen molar-refractivity contribution in [2.45, 2.75) is 24.7 Å². The highest BCUT2D eigenvalue weighted by Gasteiger charge is 2.35. The molecule has 182 valence electrons. The van der Waals surface area contributed by atoms with Crippen molar-refractivity contribution >= 4 is 39.1 Å². The van der Waals surface area contributed by atoms with Crippen molar-refractivity contribution in [3.8, 4) is 22.4 Å². The minimum Gasteiger partial charge on any atom is -0.313 e. The molecule has 0 aliphatic heterocycles. The van der Waals surface area contributed by atoms with Gasteiger partial charge in [-0.3, -0.25) is 0 Å². The molecule has 0 spiro atoms. The molecule has 0 saturated carbocycles. The summed E-state index contributed by atoms with van der Waals surface area (Å²) in [4.78, 5) is 9.67. The Balaban J connectivity index is 1.41. The summed E-state index contributed by atoms with van der Waals surface area (Å²) in [6.07, 6.45) is 17.5. The van der Waals surface area contributed by atoms with Gasteiger partial charge in [0.2, 0.25) is 5.28 Å². The van der Waals surface area contributed by atoms with Gasteiger partial charge < -0.3 is 4.57 Å². The first kappa shape index (κ1) is 21.8. The van der Waals surface area contributed by atoms with Gasteiger partial charge in [-0.15, -0.1) is 0 Å². The monoisotopic (exact) mass is 509 g/mol. The van der Waals surface area contributed by atoms with E-state index in [0.29, 0.717) is 5.28 Å². The van der Waals surface area contributed by atoms with E-state index in [9.17, 15) is 0 Å². The van der Waals surface area contributed by atoms with Crippen LogP contribution in [0.3, 0.4) is 0 Å². The molecule has 8 rings (SSSR count). The van der Waals surface area contributed by atoms with Crippen molar-refractivity contribution in [1.82, 2.24) is 14.5 Å². The zero-order valence-electron chi connectivity index (χ0n) is 20.7. The number of hydrogen-bond donors (Lipinski definition) is 0. The maximum Gasteiger partial charge on any atom is 0.223 e. The predicted molar refractivity (Wildman–Crippen MR) is 157 cm³/mol. The predicted octanol–water partition coefficient (Wildman–Crippen LogP) is 9.07. The molecule has 3 aromatic carbocycles. The maximum absolute atomic E-state index is 6.63. The number of benzene rings is 3. The van der Waals surface area contributed by atoms with E-state index in [2.05, 4.69) is 114 Å². The molecule has 2 unspecified atom stereocenters. The first-order valence-electron chi connectivity index (χ1n) is 13.2. The average Bonchev–Trinajstić information content (AvgIpc) is 3.31. The molecular weight excluding hydrogens is 486 g/mol. The quantitative estimate of drug-likeness (QED) is 0.222. The van der Waals surface area contributed by atoms with Gasteiger partial charge >= 0.3 is 0 Å². The molecule has 0 bridgehead atoms. The van der Waals surface area contributed by atoms with Crippen LogP contribution in [0.5, 0.6) is 0 Å². The molecule has 3 nitrogen and oxygen atoms in total. The third kappa shape index (κ3) is 3.15. The zero-order valence-corrected chi connectivity index (χ0v) is 21.4. The SMILES string of the molecule is Clc1nc(-c2ccc3c(c2)c2ccccc2n3C2=CC=CCC2)c2c(n1)C1C=CC=CC1c1ccccc1-2. The zero-order chi connectivity index (χ0) is 25.2. The normalized spacial score (nSPS) is 19.3. The highest BCUT2D eigenvalue weighted by Crippen LogP contribution is 2.51. The lowest BCUT2D eigenvalue weighted by atomic mass is 9.71. The van der Waals surface area contributed by atoms with Gasteiger partial charge in [0.1, 0.15) is 0 Å². The van der Waals surface area contributed by atoms with Crippen molar-refractivity contribution < 1.29 is 0 Å². The third-order valence-corrected chi connectivity index (χ3v) is 8.34. The summed E-state index contributed by atoms with van der Waals surface area (Å²) in [7, 11) is 0. The van der Waals surface area contributed by atoms with Crippen LogP contribution < -0.4 is 0 Å². The number of para-hydroxylation sites is 1. The molecule has 2 heterocycles. The average molecular weight is 510 g/mol. The van der Waals surface area contributed by atoms with Crippen LogP contribution in [0.25, 0.3) is 49.9 Å². The molecule has 2 atom stereocenters. The molecule has 0 amide bonds. The standard InChI is InChI=1S/C34H24ClN3/c35-34-36-32(31-26-15-6-4-12-23(26)24-13-5-7-16-27(24)33(31)37-34)21-18-19-30-28(20-21)25-14-8-9-17-29(25)38(30)22-10-2-1-3-11-22/h1-2,4-10,12-20,24,27H,3,11H2. The number of halogens is 1. The van der Waals surface area contributed by atoms with E-state index in [-0.39, 0.29) is 11.8 Å². The van der Waals surface area contributed by atoms with Crippen LogP contribution in [0.2, 0.25) is 5.28 Å². The Labute approximate surface area is 226 Å². The summed E-state index contributed by atoms with van der Waals surface area (Å²) >= 11 is 6.63. The summed E-state index contributed by atoms with van der Waals surface area (Å²) in [5, 5.41) is 2.76. The minimum atomic E-state index is 0.140. The summed E-state index contributed by atoms with van der Waals surface area (Å²) < 4.78 is 2.42. The first-order chi connectivity index (χ1) is 18.8. The second kappa shape index (κ2) is 8.41. The lowest BCUT2D eigenvalue weighted by Gasteiger charge is -2.33. The van der Waals surface area contributed by atoms with E-state index in [1.54, 1.807) is 0 Å². The number of nitrogens with zero attached hydrogens (tertiary/aromatic N) is 3. The fourth-order valence-corrected chi connectivity index (χ4v) is 6.73. The van der Waals surface area contributed by atoms with Gasteiger partial charge in [-0.1, -0.05) is 85.0 Å². The van der Waals surface area contributed by atoms with Crippen LogP contribution in [-0.2, 0) is 0 Å². The van der Waals surface area contributed by atoms with Crippen LogP contribution in [-0.4, -0.2) is 14.5 Å². The van der Waals surface area contributed by atoms with Crippen molar-refractivity contribution in [3.63, 3.8) is 0 Å². The molecule has 5 aromatic rings. The Morgan fingerprint density at radius 3 is 2.50 bits per heavy atom. The Morgan fingerprint density at radius 2 is 1.61 bits per heavy atom. The topological polar surface area (TPSA) is 30.7 Å². The smallest absolute Gasteiger partial charge is 0.223 e. The molecular formula is C34H24ClN3. The number of rotatable bonds is 2. The molecule has 3 aliphatic carbocycles. The van der Waals surface area contributed by atoms with Crippen LogP contribution in [0.1, 0.15) is 35.9 Å². The van der Waals surface area contributed by atoms with Crippen molar-refractivity contribution in [2.24, 2.45) is 0 Å². The van der Waals surface area contributed by atoms with E-state index in [1.807, 2.05) is 0 Å². The molecule has 0 radical (unpaired) electrons. The van der Waals surface area contributed by atoms with Crippen molar-refractivity contribution in [2.75, 3.05) is 0 Å². The van der Waals surface area contributed by atoms with Crippen molar-refractivity contribution in [3.05, 3.63) is 126 Å². The minimum absolute atomic E-state index is 0.140. The van der Waals surface area contributed by atoms with E-state index in [1.165, 1.54) is 38.6 Å². The second-order valence-corrected chi connectivity index (χ2v) is 10.6. The molecule has 0 saturated heterocycles. The van der Waals surface area contributed by atoms with Crippen LogP contribution in [0.4, 0.5) is 0 Å². The van der Waals surface area contributed by atoms with Gasteiger partial charge in [0, 0.05) is 39.4 Å². The van der Waals surface area contributed by atoms with Gasteiger partial charge in [-0.25, -0.2) is 9.97 Å². The fraction of sp³-hybridized carbons (Fsp3) is 0.118. The Hall–Kier alpha value is -4.21. The van der Waals surface area contributed by atoms with E-state index in [4.69, 9.17) is 21.6 Å². The number of allylic oxidation sites excluding steroid dienone is 8. The van der Waals surface area contributed by atoms with E-state index < -0.39 is 0 Å². The maximum atomic E-state index is 6.63. The van der Waals surface area contributed by atoms with Gasteiger partial charge in [-0.2, -0.15) is 0 Å². The number of aromatic nitrogens is 3. The third-order valence-electron chi connectivity index (χ3n) is 8.17. The summed E-state index contributed by atoms with van der Waals surface area (Å²) in [6, 6.07) is 24.1. The van der Waals surface area contributed by atoms with Gasteiger partial charge in [-0.05, 0) is 59.8 Å². The van der Waals surface area contributed by atoms with E-state index >= 15 is 0 Å². The molecule has 4 heteroatoms. The van der Waals surface area contributed by atoms with Crippen molar-refractivity contribution in [1.29, 1.82) is 0 Å². The van der Waals surface area contributed by atoms with Crippen LogP contribution >= 0.6 is 11.6 Å². The lowest BCUT2D eigenvalue weighted by Crippen LogP contribution is -2.19. The van der Waals surface area contributed by atoms with Crippen LogP contribution in [0.15, 0.2) is 109 Å². The molecule has 2 aromatic heterocycles. The van der Waals surface area contributed by atoms with Crippen LogP contribution in [0, 0.1) is 0 Å². The lowest BCUT2D eigenvalue weighted by molar-refractivity contribution is 0.695.